The van der Waals surface area contributed by atoms with Crippen molar-refractivity contribution in [2.45, 2.75) is 44.8 Å². The van der Waals surface area contributed by atoms with Crippen molar-refractivity contribution in [2.75, 3.05) is 20.2 Å². The Hall–Kier alpha value is -0.590. The second kappa shape index (κ2) is 6.00. The summed E-state index contributed by atoms with van der Waals surface area (Å²) in [6, 6.07) is 2.35. The van der Waals surface area contributed by atoms with Gasteiger partial charge in [-0.05, 0) is 32.7 Å². The number of ether oxygens (including phenoxy) is 1. The predicted octanol–water partition coefficient (Wildman–Crippen LogP) is 1.79. The summed E-state index contributed by atoms with van der Waals surface area (Å²) in [5.41, 5.74) is 0. The van der Waals surface area contributed by atoms with Crippen LogP contribution < -0.4 is 0 Å². The van der Waals surface area contributed by atoms with Crippen molar-refractivity contribution in [1.82, 2.24) is 4.90 Å². The molecular formula is C11H20N2O. The van der Waals surface area contributed by atoms with Gasteiger partial charge in [0, 0.05) is 13.2 Å². The lowest BCUT2D eigenvalue weighted by atomic mass is 10.1. The average molecular weight is 196 g/mol. The minimum absolute atomic E-state index is 0.0422. The molecule has 3 nitrogen and oxygen atoms in total. The second-order valence-corrected chi connectivity index (χ2v) is 3.98. The molecule has 0 aliphatic carbocycles. The van der Waals surface area contributed by atoms with Gasteiger partial charge in [-0.1, -0.05) is 6.92 Å². The quantitative estimate of drug-likeness (QED) is 0.687. The van der Waals surface area contributed by atoms with Crippen LogP contribution in [-0.4, -0.2) is 37.2 Å². The number of rotatable bonds is 4. The van der Waals surface area contributed by atoms with Crippen LogP contribution in [0.25, 0.3) is 0 Å². The summed E-state index contributed by atoms with van der Waals surface area (Å²) >= 11 is 0. The zero-order chi connectivity index (χ0) is 10.4. The minimum atomic E-state index is 0.0422. The largest absolute Gasteiger partial charge is 0.377 e. The van der Waals surface area contributed by atoms with E-state index in [-0.39, 0.29) is 6.04 Å². The van der Waals surface area contributed by atoms with Crippen molar-refractivity contribution in [2.24, 2.45) is 0 Å². The SMILES string of the molecule is CCC(C#N)N(C)CC1CCCCO1. The summed E-state index contributed by atoms with van der Waals surface area (Å²) in [7, 11) is 2.01. The van der Waals surface area contributed by atoms with E-state index in [0.717, 1.165) is 26.0 Å². The zero-order valence-corrected chi connectivity index (χ0v) is 9.20. The molecule has 2 atom stereocenters. The zero-order valence-electron chi connectivity index (χ0n) is 9.20. The Morgan fingerprint density at radius 1 is 1.57 bits per heavy atom. The van der Waals surface area contributed by atoms with Gasteiger partial charge in [0.05, 0.1) is 18.2 Å². The third-order valence-corrected chi connectivity index (χ3v) is 2.83. The number of likely N-dealkylation sites (N-methyl/N-ethyl adjacent to an activating group) is 1. The second-order valence-electron chi connectivity index (χ2n) is 3.98. The fourth-order valence-corrected chi connectivity index (χ4v) is 1.90. The molecule has 0 amide bonds. The summed E-state index contributed by atoms with van der Waals surface area (Å²) in [5, 5.41) is 8.89. The lowest BCUT2D eigenvalue weighted by molar-refractivity contribution is -0.00496. The third kappa shape index (κ3) is 3.28. The molecule has 0 radical (unpaired) electrons. The molecule has 1 fully saturated rings. The fourth-order valence-electron chi connectivity index (χ4n) is 1.90. The molecule has 1 aliphatic rings. The maximum absolute atomic E-state index is 8.89. The Balaban J connectivity index is 2.31. The highest BCUT2D eigenvalue weighted by Crippen LogP contribution is 2.14. The Labute approximate surface area is 86.6 Å². The monoisotopic (exact) mass is 196 g/mol. The molecule has 0 saturated carbocycles. The minimum Gasteiger partial charge on any atom is -0.377 e. The van der Waals surface area contributed by atoms with E-state index < -0.39 is 0 Å². The standard InChI is InChI=1S/C11H20N2O/c1-3-10(8-12)13(2)9-11-6-4-5-7-14-11/h10-11H,3-7,9H2,1-2H3. The molecule has 1 aliphatic heterocycles. The van der Waals surface area contributed by atoms with Crippen molar-refractivity contribution in [3.8, 4) is 6.07 Å². The van der Waals surface area contributed by atoms with E-state index in [2.05, 4.69) is 11.0 Å². The van der Waals surface area contributed by atoms with Crippen LogP contribution >= 0.6 is 0 Å². The van der Waals surface area contributed by atoms with Crippen LogP contribution in [0.3, 0.4) is 0 Å². The first-order chi connectivity index (χ1) is 6.77. The molecule has 3 heteroatoms. The van der Waals surface area contributed by atoms with Gasteiger partial charge in [-0.15, -0.1) is 0 Å². The smallest absolute Gasteiger partial charge is 0.0973 e. The first-order valence-corrected chi connectivity index (χ1v) is 5.49. The van der Waals surface area contributed by atoms with Crippen LogP contribution in [0.1, 0.15) is 32.6 Å². The van der Waals surface area contributed by atoms with E-state index in [4.69, 9.17) is 10.00 Å². The summed E-state index contributed by atoms with van der Waals surface area (Å²) < 4.78 is 5.64. The van der Waals surface area contributed by atoms with Gasteiger partial charge in [-0.3, -0.25) is 4.90 Å². The van der Waals surface area contributed by atoms with E-state index >= 15 is 0 Å². The van der Waals surface area contributed by atoms with Gasteiger partial charge in [0.15, 0.2) is 0 Å². The molecule has 80 valence electrons. The van der Waals surface area contributed by atoms with Crippen LogP contribution in [0.2, 0.25) is 0 Å². The Morgan fingerprint density at radius 2 is 2.36 bits per heavy atom. The van der Waals surface area contributed by atoms with E-state index in [1.54, 1.807) is 0 Å². The molecule has 0 aromatic heterocycles. The molecule has 0 bridgehead atoms. The highest BCUT2D eigenvalue weighted by molar-refractivity contribution is 4.90. The van der Waals surface area contributed by atoms with Gasteiger partial charge < -0.3 is 4.74 Å². The number of hydrogen-bond donors (Lipinski definition) is 0. The van der Waals surface area contributed by atoms with Gasteiger partial charge in [0.25, 0.3) is 0 Å². The van der Waals surface area contributed by atoms with Crippen molar-refractivity contribution in [3.63, 3.8) is 0 Å². The molecule has 1 saturated heterocycles. The Bertz CT molecular complexity index is 194. The van der Waals surface area contributed by atoms with E-state index in [9.17, 15) is 0 Å². The molecule has 0 aromatic rings. The number of hydrogen-bond acceptors (Lipinski definition) is 3. The first-order valence-electron chi connectivity index (χ1n) is 5.49. The molecule has 1 heterocycles. The van der Waals surface area contributed by atoms with Crippen LogP contribution in [-0.2, 0) is 4.74 Å². The van der Waals surface area contributed by atoms with Crippen LogP contribution in [0.5, 0.6) is 0 Å². The summed E-state index contributed by atoms with van der Waals surface area (Å²) in [4.78, 5) is 2.11. The van der Waals surface area contributed by atoms with Gasteiger partial charge in [0.1, 0.15) is 0 Å². The van der Waals surface area contributed by atoms with Crippen molar-refractivity contribution in [1.29, 1.82) is 5.26 Å². The molecular weight excluding hydrogens is 176 g/mol. The summed E-state index contributed by atoms with van der Waals surface area (Å²) in [5.74, 6) is 0. The predicted molar refractivity (Wildman–Crippen MR) is 55.9 cm³/mol. The summed E-state index contributed by atoms with van der Waals surface area (Å²) in [6.07, 6.45) is 4.83. The van der Waals surface area contributed by atoms with Crippen LogP contribution in [0.15, 0.2) is 0 Å². The van der Waals surface area contributed by atoms with Crippen molar-refractivity contribution in [3.05, 3.63) is 0 Å². The molecule has 14 heavy (non-hydrogen) atoms. The van der Waals surface area contributed by atoms with E-state index in [1.165, 1.54) is 12.8 Å². The normalized spacial score (nSPS) is 24.6. The maximum Gasteiger partial charge on any atom is 0.0973 e. The maximum atomic E-state index is 8.89. The van der Waals surface area contributed by atoms with E-state index in [0.29, 0.717) is 6.10 Å². The Morgan fingerprint density at radius 3 is 2.86 bits per heavy atom. The highest BCUT2D eigenvalue weighted by atomic mass is 16.5. The molecule has 0 N–H and O–H groups in total. The topological polar surface area (TPSA) is 36.3 Å². The fraction of sp³-hybridized carbons (Fsp3) is 0.909. The number of nitrogens with zero attached hydrogens (tertiary/aromatic N) is 2. The van der Waals surface area contributed by atoms with Crippen molar-refractivity contribution >= 4 is 0 Å². The summed E-state index contributed by atoms with van der Waals surface area (Å²) in [6.45, 7) is 3.83. The highest BCUT2D eigenvalue weighted by Gasteiger charge is 2.19. The van der Waals surface area contributed by atoms with Crippen LogP contribution in [0, 0.1) is 11.3 Å². The van der Waals surface area contributed by atoms with Gasteiger partial charge in [0.2, 0.25) is 0 Å². The molecule has 1 rings (SSSR count). The lowest BCUT2D eigenvalue weighted by Gasteiger charge is -2.29. The molecule has 0 spiro atoms. The first kappa shape index (κ1) is 11.5. The third-order valence-electron chi connectivity index (χ3n) is 2.83. The van der Waals surface area contributed by atoms with Crippen molar-refractivity contribution < 1.29 is 4.74 Å². The number of nitriles is 1. The van der Waals surface area contributed by atoms with Gasteiger partial charge >= 0.3 is 0 Å². The Kier molecular flexibility index (Phi) is 4.92. The molecule has 2 unspecified atom stereocenters. The van der Waals surface area contributed by atoms with Gasteiger partial charge in [-0.2, -0.15) is 5.26 Å². The van der Waals surface area contributed by atoms with E-state index in [1.807, 2.05) is 14.0 Å². The van der Waals surface area contributed by atoms with Gasteiger partial charge in [-0.25, -0.2) is 0 Å². The average Bonchev–Trinajstić information content (AvgIpc) is 2.21. The lowest BCUT2D eigenvalue weighted by Crippen LogP contribution is -2.38. The van der Waals surface area contributed by atoms with Crippen LogP contribution in [0.4, 0.5) is 0 Å². The molecule has 0 aromatic carbocycles.